The van der Waals surface area contributed by atoms with Gasteiger partial charge in [-0.1, -0.05) is 36.2 Å². The number of rotatable bonds is 6. The van der Waals surface area contributed by atoms with Gasteiger partial charge in [0.2, 0.25) is 0 Å². The molecule has 1 unspecified atom stereocenters. The van der Waals surface area contributed by atoms with Gasteiger partial charge in [-0.2, -0.15) is 0 Å². The number of nitrogens with one attached hydrogen (secondary N) is 2. The lowest BCUT2D eigenvalue weighted by Gasteiger charge is -2.32. The van der Waals surface area contributed by atoms with Crippen LogP contribution < -0.4 is 10.6 Å². The molecule has 0 amide bonds. The van der Waals surface area contributed by atoms with Crippen LogP contribution in [-0.4, -0.2) is 43.6 Å². The average molecular weight is 371 g/mol. The highest BCUT2D eigenvalue weighted by atomic mass is 35.5. The molecule has 2 N–H and O–H groups in total. The van der Waals surface area contributed by atoms with Gasteiger partial charge < -0.3 is 15.5 Å². The van der Waals surface area contributed by atoms with Gasteiger partial charge in [-0.15, -0.1) is 0 Å². The Balaban J connectivity index is 1.90. The zero-order valence-corrected chi connectivity index (χ0v) is 16.1. The number of hydrogen-bond acceptors (Lipinski definition) is 2. The van der Waals surface area contributed by atoms with Crippen molar-refractivity contribution >= 4 is 29.2 Å². The van der Waals surface area contributed by atoms with Gasteiger partial charge in [0.15, 0.2) is 5.96 Å². The normalized spacial score (nSPS) is 19.3. The van der Waals surface area contributed by atoms with E-state index in [-0.39, 0.29) is 0 Å². The van der Waals surface area contributed by atoms with Gasteiger partial charge >= 0.3 is 0 Å². The molecule has 0 aromatic heterocycles. The molecule has 6 heteroatoms. The Morgan fingerprint density at radius 3 is 2.83 bits per heavy atom. The fourth-order valence-electron chi connectivity index (χ4n) is 3.00. The fourth-order valence-corrected chi connectivity index (χ4v) is 3.47. The van der Waals surface area contributed by atoms with E-state index in [1.54, 1.807) is 6.07 Å². The van der Waals surface area contributed by atoms with Crippen molar-refractivity contribution in [2.24, 2.45) is 10.9 Å². The average Bonchev–Trinajstić information content (AvgIpc) is 2.59. The van der Waals surface area contributed by atoms with Crippen molar-refractivity contribution in [1.82, 2.24) is 15.5 Å². The predicted molar refractivity (Wildman–Crippen MR) is 104 cm³/mol. The molecule has 1 aliphatic rings. The van der Waals surface area contributed by atoms with Crippen molar-refractivity contribution in [3.8, 4) is 0 Å². The topological polar surface area (TPSA) is 39.7 Å². The summed E-state index contributed by atoms with van der Waals surface area (Å²) < 4.78 is 0. The first-order valence-electron chi connectivity index (χ1n) is 8.80. The number of likely N-dealkylation sites (tertiary alicyclic amines) is 1. The third-order valence-electron chi connectivity index (χ3n) is 4.38. The smallest absolute Gasteiger partial charge is 0.191 e. The number of hydrogen-bond donors (Lipinski definition) is 2. The SMILES string of the molecule is CCNC(=NCc1ccc(Cl)cc1Cl)NCC1CCCN(CC)C1. The Labute approximate surface area is 155 Å². The molecule has 1 atom stereocenters. The van der Waals surface area contributed by atoms with Crippen molar-refractivity contribution in [3.05, 3.63) is 33.8 Å². The second-order valence-electron chi connectivity index (χ2n) is 6.21. The molecule has 2 rings (SSSR count). The maximum Gasteiger partial charge on any atom is 0.191 e. The van der Waals surface area contributed by atoms with E-state index in [0.717, 1.165) is 31.2 Å². The minimum Gasteiger partial charge on any atom is -0.357 e. The van der Waals surface area contributed by atoms with Crippen molar-refractivity contribution in [3.63, 3.8) is 0 Å². The Bertz CT molecular complexity index is 548. The largest absolute Gasteiger partial charge is 0.357 e. The number of piperidine rings is 1. The fraction of sp³-hybridized carbons (Fsp3) is 0.611. The summed E-state index contributed by atoms with van der Waals surface area (Å²) >= 11 is 12.2. The van der Waals surface area contributed by atoms with Crippen LogP contribution in [0.2, 0.25) is 10.0 Å². The minimum atomic E-state index is 0.539. The molecular formula is C18H28Cl2N4. The number of nitrogens with zero attached hydrogens (tertiary/aromatic N) is 2. The van der Waals surface area contributed by atoms with E-state index < -0.39 is 0 Å². The molecule has 1 aromatic rings. The van der Waals surface area contributed by atoms with Crippen molar-refractivity contribution in [1.29, 1.82) is 0 Å². The number of benzene rings is 1. The molecule has 1 aliphatic heterocycles. The summed E-state index contributed by atoms with van der Waals surface area (Å²) in [6.45, 7) is 10.2. The first-order valence-corrected chi connectivity index (χ1v) is 9.56. The molecule has 1 aromatic carbocycles. The molecule has 0 bridgehead atoms. The Morgan fingerprint density at radius 2 is 2.12 bits per heavy atom. The molecule has 1 saturated heterocycles. The van der Waals surface area contributed by atoms with Gasteiger partial charge in [-0.3, -0.25) is 0 Å². The maximum atomic E-state index is 6.22. The van der Waals surface area contributed by atoms with Crippen LogP contribution in [0.4, 0.5) is 0 Å². The first kappa shape index (κ1) is 19.4. The van der Waals surface area contributed by atoms with Crippen molar-refractivity contribution in [2.75, 3.05) is 32.7 Å². The van der Waals surface area contributed by atoms with Crippen LogP contribution >= 0.6 is 23.2 Å². The number of guanidine groups is 1. The summed E-state index contributed by atoms with van der Waals surface area (Å²) in [4.78, 5) is 7.17. The van der Waals surface area contributed by atoms with Gasteiger partial charge in [-0.05, 0) is 56.5 Å². The summed E-state index contributed by atoms with van der Waals surface area (Å²) in [5.41, 5.74) is 0.980. The summed E-state index contributed by atoms with van der Waals surface area (Å²) in [5.74, 6) is 1.53. The van der Waals surface area contributed by atoms with E-state index in [9.17, 15) is 0 Å². The van der Waals surface area contributed by atoms with Crippen LogP contribution in [0.3, 0.4) is 0 Å². The van der Waals surface area contributed by atoms with Crippen LogP contribution in [0.15, 0.2) is 23.2 Å². The van der Waals surface area contributed by atoms with Crippen LogP contribution in [0, 0.1) is 5.92 Å². The minimum absolute atomic E-state index is 0.539. The van der Waals surface area contributed by atoms with Gasteiger partial charge in [0.05, 0.1) is 6.54 Å². The second-order valence-corrected chi connectivity index (χ2v) is 7.06. The lowest BCUT2D eigenvalue weighted by Crippen LogP contribution is -2.44. The third-order valence-corrected chi connectivity index (χ3v) is 4.96. The van der Waals surface area contributed by atoms with E-state index in [2.05, 4.69) is 34.4 Å². The summed E-state index contributed by atoms with van der Waals surface area (Å²) in [5, 5.41) is 8.09. The van der Waals surface area contributed by atoms with E-state index in [1.807, 2.05) is 12.1 Å². The molecule has 0 spiro atoms. The molecule has 0 aliphatic carbocycles. The lowest BCUT2D eigenvalue weighted by molar-refractivity contribution is 0.183. The van der Waals surface area contributed by atoms with Gasteiger partial charge in [0, 0.05) is 29.7 Å². The molecule has 0 saturated carbocycles. The maximum absolute atomic E-state index is 6.22. The zero-order valence-electron chi connectivity index (χ0n) is 14.6. The quantitative estimate of drug-likeness (QED) is 0.591. The Kier molecular flexibility index (Phi) is 8.16. The molecule has 134 valence electrons. The van der Waals surface area contributed by atoms with Crippen molar-refractivity contribution < 1.29 is 0 Å². The highest BCUT2D eigenvalue weighted by Crippen LogP contribution is 2.21. The Morgan fingerprint density at radius 1 is 1.29 bits per heavy atom. The van der Waals surface area contributed by atoms with E-state index >= 15 is 0 Å². The number of aliphatic imine (C=N–C) groups is 1. The van der Waals surface area contributed by atoms with E-state index in [0.29, 0.717) is 22.5 Å². The van der Waals surface area contributed by atoms with Gasteiger partial charge in [-0.25, -0.2) is 4.99 Å². The van der Waals surface area contributed by atoms with E-state index in [1.165, 1.54) is 25.9 Å². The third kappa shape index (κ3) is 6.15. The molecule has 0 radical (unpaired) electrons. The first-order chi connectivity index (χ1) is 11.6. The molecule has 1 fully saturated rings. The molecular weight excluding hydrogens is 343 g/mol. The van der Waals surface area contributed by atoms with Crippen LogP contribution in [-0.2, 0) is 6.54 Å². The van der Waals surface area contributed by atoms with Gasteiger partial charge in [0.1, 0.15) is 0 Å². The van der Waals surface area contributed by atoms with E-state index in [4.69, 9.17) is 23.2 Å². The standard InChI is InChI=1S/C18H28Cl2N4/c1-3-21-18(22-11-14-6-5-9-24(4-2)13-14)23-12-15-7-8-16(19)10-17(15)20/h7-8,10,14H,3-6,9,11-13H2,1-2H3,(H2,21,22,23). The Hall–Kier alpha value is -0.970. The monoisotopic (exact) mass is 370 g/mol. The lowest BCUT2D eigenvalue weighted by atomic mass is 9.98. The summed E-state index contributed by atoms with van der Waals surface area (Å²) in [7, 11) is 0. The van der Waals surface area contributed by atoms with Crippen molar-refractivity contribution in [2.45, 2.75) is 33.2 Å². The van der Waals surface area contributed by atoms with Gasteiger partial charge in [0.25, 0.3) is 0 Å². The molecule has 1 heterocycles. The zero-order chi connectivity index (χ0) is 17.4. The summed E-state index contributed by atoms with van der Waals surface area (Å²) in [6, 6.07) is 5.54. The highest BCUT2D eigenvalue weighted by Gasteiger charge is 2.18. The van der Waals surface area contributed by atoms with Crippen LogP contribution in [0.25, 0.3) is 0 Å². The summed E-state index contributed by atoms with van der Waals surface area (Å²) in [6.07, 6.45) is 2.57. The predicted octanol–water partition coefficient (Wildman–Crippen LogP) is 3.78. The molecule has 24 heavy (non-hydrogen) atoms. The van der Waals surface area contributed by atoms with Crippen LogP contribution in [0.1, 0.15) is 32.3 Å². The highest BCUT2D eigenvalue weighted by molar-refractivity contribution is 6.35. The number of halogens is 2. The van der Waals surface area contributed by atoms with Crippen LogP contribution in [0.5, 0.6) is 0 Å². The molecule has 4 nitrogen and oxygen atoms in total. The second kappa shape index (κ2) is 10.1.